The maximum absolute atomic E-state index is 5.20. The summed E-state index contributed by atoms with van der Waals surface area (Å²) in [7, 11) is 1.68. The normalized spacial score (nSPS) is 10.5. The van der Waals surface area contributed by atoms with Crippen molar-refractivity contribution in [3.8, 4) is 0 Å². The molecule has 5 nitrogen and oxygen atoms in total. The number of aromatic nitrogens is 2. The van der Waals surface area contributed by atoms with Crippen LogP contribution < -0.4 is 10.2 Å². The molecule has 0 radical (unpaired) electrons. The van der Waals surface area contributed by atoms with Gasteiger partial charge >= 0.3 is 0 Å². The second-order valence-corrected chi connectivity index (χ2v) is 4.85. The Morgan fingerprint density at radius 3 is 2.39 bits per heavy atom. The third kappa shape index (κ3) is 3.68. The minimum Gasteiger partial charge on any atom is -0.378 e. The Bertz CT molecular complexity index is 355. The van der Waals surface area contributed by atoms with Crippen molar-refractivity contribution in [1.82, 2.24) is 9.97 Å². The van der Waals surface area contributed by atoms with Crippen LogP contribution in [0.3, 0.4) is 0 Å². The van der Waals surface area contributed by atoms with Crippen LogP contribution >= 0.6 is 22.6 Å². The molecule has 0 aliphatic heterocycles. The van der Waals surface area contributed by atoms with E-state index in [9.17, 15) is 0 Å². The Balaban J connectivity index is 3.18. The van der Waals surface area contributed by atoms with Gasteiger partial charge in [0.05, 0.1) is 15.9 Å². The lowest BCUT2D eigenvalue weighted by atomic mass is 10.4. The van der Waals surface area contributed by atoms with Crippen LogP contribution in [0.15, 0.2) is 0 Å². The van der Waals surface area contributed by atoms with Gasteiger partial charge in [0.15, 0.2) is 0 Å². The van der Waals surface area contributed by atoms with Crippen molar-refractivity contribution in [2.24, 2.45) is 0 Å². The van der Waals surface area contributed by atoms with Crippen molar-refractivity contribution in [1.29, 1.82) is 0 Å². The van der Waals surface area contributed by atoms with E-state index < -0.39 is 0 Å². The summed E-state index contributed by atoms with van der Waals surface area (Å²) in [5, 5.41) is 3.28. The van der Waals surface area contributed by atoms with Gasteiger partial charge in [-0.05, 0) is 43.4 Å². The maximum atomic E-state index is 5.20. The lowest BCUT2D eigenvalue weighted by Crippen LogP contribution is -2.25. The summed E-state index contributed by atoms with van der Waals surface area (Å²) in [6.07, 6.45) is 0. The van der Waals surface area contributed by atoms with Gasteiger partial charge < -0.3 is 15.0 Å². The van der Waals surface area contributed by atoms with E-state index in [0.29, 0.717) is 6.61 Å². The third-order valence-electron chi connectivity index (χ3n) is 2.58. The van der Waals surface area contributed by atoms with Crippen molar-refractivity contribution >= 4 is 34.4 Å². The number of rotatable bonds is 7. The molecule has 0 saturated heterocycles. The van der Waals surface area contributed by atoms with Crippen LogP contribution in [0.4, 0.5) is 11.8 Å². The fourth-order valence-electron chi connectivity index (χ4n) is 1.65. The second kappa shape index (κ2) is 7.73. The zero-order chi connectivity index (χ0) is 13.5. The van der Waals surface area contributed by atoms with Crippen LogP contribution in [0, 0.1) is 3.57 Å². The lowest BCUT2D eigenvalue weighted by Gasteiger charge is -2.21. The number of nitrogens with zero attached hydrogens (tertiary/aromatic N) is 3. The monoisotopic (exact) mass is 364 g/mol. The molecular formula is C12H21IN4O. The first-order valence-corrected chi connectivity index (χ1v) is 7.29. The standard InChI is InChI=1S/C12H21IN4O/c1-5-14-11-10(13)9(8-18-4)15-12(16-11)17(6-2)7-3/h5-8H2,1-4H3,(H,14,15,16). The fourth-order valence-corrected chi connectivity index (χ4v) is 2.23. The van der Waals surface area contributed by atoms with Crippen molar-refractivity contribution in [2.45, 2.75) is 27.4 Å². The van der Waals surface area contributed by atoms with E-state index >= 15 is 0 Å². The van der Waals surface area contributed by atoms with E-state index in [1.807, 2.05) is 0 Å². The first-order valence-electron chi connectivity index (χ1n) is 6.21. The molecule has 0 spiro atoms. The van der Waals surface area contributed by atoms with Crippen molar-refractivity contribution in [2.75, 3.05) is 37.0 Å². The molecule has 1 heterocycles. The van der Waals surface area contributed by atoms with Crippen LogP contribution in [-0.4, -0.2) is 36.7 Å². The van der Waals surface area contributed by atoms with Crippen molar-refractivity contribution < 1.29 is 4.74 Å². The summed E-state index contributed by atoms with van der Waals surface area (Å²) in [6.45, 7) is 9.42. The third-order valence-corrected chi connectivity index (χ3v) is 3.71. The van der Waals surface area contributed by atoms with E-state index in [1.54, 1.807) is 7.11 Å². The minimum atomic E-state index is 0.507. The van der Waals surface area contributed by atoms with Crippen LogP contribution in [0.2, 0.25) is 0 Å². The number of nitrogens with one attached hydrogen (secondary N) is 1. The van der Waals surface area contributed by atoms with Gasteiger partial charge in [-0.3, -0.25) is 0 Å². The van der Waals surface area contributed by atoms with Crippen molar-refractivity contribution in [3.05, 3.63) is 9.26 Å². The highest BCUT2D eigenvalue weighted by Crippen LogP contribution is 2.23. The molecule has 0 aliphatic rings. The Morgan fingerprint density at radius 2 is 1.89 bits per heavy atom. The fraction of sp³-hybridized carbons (Fsp3) is 0.667. The summed E-state index contributed by atoms with van der Waals surface area (Å²) in [4.78, 5) is 11.3. The predicted molar refractivity (Wildman–Crippen MR) is 83.2 cm³/mol. The molecule has 18 heavy (non-hydrogen) atoms. The number of halogens is 1. The summed E-state index contributed by atoms with van der Waals surface area (Å²) < 4.78 is 6.24. The van der Waals surface area contributed by atoms with Gasteiger partial charge in [0.25, 0.3) is 0 Å². The Labute approximate surface area is 122 Å². The van der Waals surface area contributed by atoms with Crippen molar-refractivity contribution in [3.63, 3.8) is 0 Å². The van der Waals surface area contributed by atoms with Gasteiger partial charge in [0.1, 0.15) is 5.82 Å². The van der Waals surface area contributed by atoms with Gasteiger partial charge in [0, 0.05) is 26.7 Å². The highest BCUT2D eigenvalue weighted by molar-refractivity contribution is 14.1. The number of methoxy groups -OCH3 is 1. The molecule has 0 fully saturated rings. The summed E-state index contributed by atoms with van der Waals surface area (Å²) in [6, 6.07) is 0. The molecule has 1 aromatic rings. The molecule has 102 valence electrons. The first-order chi connectivity index (χ1) is 8.67. The van der Waals surface area contributed by atoms with Gasteiger partial charge in [0.2, 0.25) is 5.95 Å². The van der Waals surface area contributed by atoms with Crippen LogP contribution in [-0.2, 0) is 11.3 Å². The van der Waals surface area contributed by atoms with Gasteiger partial charge in [-0.25, -0.2) is 4.98 Å². The first kappa shape index (κ1) is 15.4. The van der Waals surface area contributed by atoms with Crippen LogP contribution in [0.25, 0.3) is 0 Å². The van der Waals surface area contributed by atoms with E-state index in [-0.39, 0.29) is 0 Å². The van der Waals surface area contributed by atoms with Crippen LogP contribution in [0.5, 0.6) is 0 Å². The zero-order valence-electron chi connectivity index (χ0n) is 11.5. The highest BCUT2D eigenvalue weighted by atomic mass is 127. The van der Waals surface area contributed by atoms with E-state index in [4.69, 9.17) is 4.74 Å². The molecule has 1 aromatic heterocycles. The lowest BCUT2D eigenvalue weighted by molar-refractivity contribution is 0.181. The van der Waals surface area contributed by atoms with E-state index in [2.05, 4.69) is 63.5 Å². The number of hydrogen-bond acceptors (Lipinski definition) is 5. The molecule has 1 N–H and O–H groups in total. The highest BCUT2D eigenvalue weighted by Gasteiger charge is 2.14. The second-order valence-electron chi connectivity index (χ2n) is 3.77. The van der Waals surface area contributed by atoms with E-state index in [0.717, 1.165) is 40.7 Å². The number of ether oxygens (including phenoxy) is 1. The molecule has 0 aliphatic carbocycles. The topological polar surface area (TPSA) is 50.3 Å². The molecule has 0 bridgehead atoms. The zero-order valence-corrected chi connectivity index (χ0v) is 13.6. The summed E-state index contributed by atoms with van der Waals surface area (Å²) in [5.41, 5.74) is 0.936. The van der Waals surface area contributed by atoms with Gasteiger partial charge in [-0.2, -0.15) is 4.98 Å². The molecular weight excluding hydrogens is 343 g/mol. The average molecular weight is 364 g/mol. The Hall–Kier alpha value is -0.630. The number of anilines is 2. The summed E-state index contributed by atoms with van der Waals surface area (Å²) >= 11 is 2.27. The minimum absolute atomic E-state index is 0.507. The molecule has 6 heteroatoms. The summed E-state index contributed by atoms with van der Waals surface area (Å²) in [5.74, 6) is 1.66. The quantitative estimate of drug-likeness (QED) is 0.754. The Morgan fingerprint density at radius 1 is 1.22 bits per heavy atom. The molecule has 0 atom stereocenters. The maximum Gasteiger partial charge on any atom is 0.227 e. The largest absolute Gasteiger partial charge is 0.378 e. The molecule has 0 unspecified atom stereocenters. The van der Waals surface area contributed by atoms with Gasteiger partial charge in [-0.1, -0.05) is 0 Å². The van der Waals surface area contributed by atoms with Gasteiger partial charge in [-0.15, -0.1) is 0 Å². The Kier molecular flexibility index (Phi) is 6.62. The molecule has 0 saturated carbocycles. The average Bonchev–Trinajstić information content (AvgIpc) is 2.36. The SMILES string of the molecule is CCNc1nc(N(CC)CC)nc(COC)c1I. The van der Waals surface area contributed by atoms with Crippen LogP contribution in [0.1, 0.15) is 26.5 Å². The predicted octanol–water partition coefficient (Wildman–Crippen LogP) is 2.51. The van der Waals surface area contributed by atoms with E-state index in [1.165, 1.54) is 0 Å². The molecule has 0 aromatic carbocycles. The smallest absolute Gasteiger partial charge is 0.227 e. The molecule has 0 amide bonds. The number of hydrogen-bond donors (Lipinski definition) is 1. The molecule has 1 rings (SSSR count).